The first-order chi connectivity index (χ1) is 16.3. The summed E-state index contributed by atoms with van der Waals surface area (Å²) in [6.07, 6.45) is 0. The Labute approximate surface area is 199 Å². The first kappa shape index (κ1) is 25.1. The first-order valence-corrected chi connectivity index (χ1v) is 11.1. The lowest BCUT2D eigenvalue weighted by Gasteiger charge is -2.25. The van der Waals surface area contributed by atoms with Crippen LogP contribution in [-0.2, 0) is 14.3 Å². The molecular formula is C26H31NO7. The minimum atomic E-state index is -0.816. The Hall–Kier alpha value is -3.52. The predicted octanol–water partition coefficient (Wildman–Crippen LogP) is 3.81. The number of Topliss-reactive ketones (excluding diaryl/α,β-unsaturated/α-hetero) is 1. The van der Waals surface area contributed by atoms with E-state index in [1.165, 1.54) is 26.2 Å². The van der Waals surface area contributed by atoms with Gasteiger partial charge in [0, 0.05) is 13.7 Å². The van der Waals surface area contributed by atoms with E-state index in [4.69, 9.17) is 18.9 Å². The molecule has 1 N–H and O–H groups in total. The van der Waals surface area contributed by atoms with Crippen molar-refractivity contribution in [3.05, 3.63) is 59.2 Å². The molecule has 1 unspecified atom stereocenters. The molecule has 1 heterocycles. The van der Waals surface area contributed by atoms with E-state index in [-0.39, 0.29) is 30.0 Å². The van der Waals surface area contributed by atoms with Crippen LogP contribution < -0.4 is 14.2 Å². The van der Waals surface area contributed by atoms with Crippen molar-refractivity contribution in [2.24, 2.45) is 5.92 Å². The van der Waals surface area contributed by atoms with Crippen LogP contribution in [0.25, 0.3) is 5.76 Å². The smallest absolute Gasteiger partial charge is 0.295 e. The van der Waals surface area contributed by atoms with Crippen molar-refractivity contribution in [3.63, 3.8) is 0 Å². The van der Waals surface area contributed by atoms with Crippen molar-refractivity contribution >= 4 is 17.4 Å². The molecule has 1 saturated heterocycles. The van der Waals surface area contributed by atoms with E-state index in [2.05, 4.69) is 13.8 Å². The van der Waals surface area contributed by atoms with Gasteiger partial charge in [0.05, 0.1) is 39.0 Å². The maximum atomic E-state index is 13.2. The number of rotatable bonds is 10. The van der Waals surface area contributed by atoms with Gasteiger partial charge in [-0.05, 0) is 35.7 Å². The molecule has 2 aromatic carbocycles. The van der Waals surface area contributed by atoms with Crippen LogP contribution in [0.2, 0.25) is 0 Å². The van der Waals surface area contributed by atoms with Crippen LogP contribution in [0.4, 0.5) is 0 Å². The summed E-state index contributed by atoms with van der Waals surface area (Å²) in [5.74, 6) is -0.177. The summed E-state index contributed by atoms with van der Waals surface area (Å²) in [6.45, 7) is 5.10. The third-order valence-electron chi connectivity index (χ3n) is 5.52. The van der Waals surface area contributed by atoms with Gasteiger partial charge >= 0.3 is 0 Å². The maximum absolute atomic E-state index is 13.2. The van der Waals surface area contributed by atoms with Gasteiger partial charge < -0.3 is 29.0 Å². The molecular weight excluding hydrogens is 438 g/mol. The van der Waals surface area contributed by atoms with Gasteiger partial charge in [-0.25, -0.2) is 0 Å². The van der Waals surface area contributed by atoms with Crippen LogP contribution in [0.15, 0.2) is 48.0 Å². The highest BCUT2D eigenvalue weighted by atomic mass is 16.5. The number of ether oxygens (including phenoxy) is 4. The minimum Gasteiger partial charge on any atom is -0.506 e. The number of carbonyl (C=O) groups is 2. The molecule has 8 nitrogen and oxygen atoms in total. The molecule has 182 valence electrons. The molecule has 1 aliphatic rings. The SMILES string of the molecule is COCCN1C(=O)C(=O)/C(=C(/O)c2c(OC)cccc2OC)C1c1ccc(OCC(C)C)cc1. The topological polar surface area (TPSA) is 94.5 Å². The number of benzene rings is 2. The van der Waals surface area contributed by atoms with Gasteiger partial charge in [0.1, 0.15) is 28.6 Å². The number of nitrogens with zero attached hydrogens (tertiary/aromatic N) is 1. The van der Waals surface area contributed by atoms with Crippen molar-refractivity contribution < 1.29 is 33.6 Å². The summed E-state index contributed by atoms with van der Waals surface area (Å²) in [6, 6.07) is 11.3. The van der Waals surface area contributed by atoms with E-state index >= 15 is 0 Å². The average Bonchev–Trinajstić information content (AvgIpc) is 3.10. The zero-order valence-electron chi connectivity index (χ0n) is 20.2. The predicted molar refractivity (Wildman–Crippen MR) is 127 cm³/mol. The Morgan fingerprint density at radius 2 is 1.62 bits per heavy atom. The third kappa shape index (κ3) is 5.02. The van der Waals surface area contributed by atoms with Gasteiger partial charge in [-0.3, -0.25) is 9.59 Å². The van der Waals surface area contributed by atoms with Crippen LogP contribution >= 0.6 is 0 Å². The normalized spacial score (nSPS) is 17.4. The molecule has 0 bridgehead atoms. The Morgan fingerprint density at radius 1 is 1.00 bits per heavy atom. The fraction of sp³-hybridized carbons (Fsp3) is 0.385. The summed E-state index contributed by atoms with van der Waals surface area (Å²) in [5.41, 5.74) is 0.821. The molecule has 1 fully saturated rings. The molecule has 34 heavy (non-hydrogen) atoms. The van der Waals surface area contributed by atoms with Gasteiger partial charge in [0.2, 0.25) is 0 Å². The summed E-state index contributed by atoms with van der Waals surface area (Å²) in [7, 11) is 4.43. The number of hydrogen-bond acceptors (Lipinski definition) is 7. The van der Waals surface area contributed by atoms with Crippen LogP contribution in [0, 0.1) is 5.92 Å². The van der Waals surface area contributed by atoms with Crippen LogP contribution in [0.1, 0.15) is 31.0 Å². The van der Waals surface area contributed by atoms with Crippen molar-refractivity contribution in [1.82, 2.24) is 4.90 Å². The van der Waals surface area contributed by atoms with Gasteiger partial charge in [0.15, 0.2) is 0 Å². The van der Waals surface area contributed by atoms with E-state index in [1.807, 2.05) is 0 Å². The number of aliphatic hydroxyl groups is 1. The Bertz CT molecular complexity index is 1040. The largest absolute Gasteiger partial charge is 0.506 e. The van der Waals surface area contributed by atoms with Crippen LogP contribution in [0.3, 0.4) is 0 Å². The number of hydrogen-bond donors (Lipinski definition) is 1. The summed E-state index contributed by atoms with van der Waals surface area (Å²) >= 11 is 0. The third-order valence-corrected chi connectivity index (χ3v) is 5.52. The Balaban J connectivity index is 2.15. The van der Waals surface area contributed by atoms with Gasteiger partial charge in [0.25, 0.3) is 11.7 Å². The quantitative estimate of drug-likeness (QED) is 0.321. The second-order valence-corrected chi connectivity index (χ2v) is 8.30. The Morgan fingerprint density at radius 3 is 2.15 bits per heavy atom. The molecule has 3 rings (SSSR count). The lowest BCUT2D eigenvalue weighted by atomic mass is 9.94. The van der Waals surface area contributed by atoms with Crippen molar-refractivity contribution in [3.8, 4) is 17.2 Å². The fourth-order valence-corrected chi connectivity index (χ4v) is 3.88. The number of likely N-dealkylation sites (tertiary alicyclic amines) is 1. The molecule has 8 heteroatoms. The zero-order chi connectivity index (χ0) is 24.8. The van der Waals surface area contributed by atoms with Crippen molar-refractivity contribution in [2.75, 3.05) is 41.1 Å². The zero-order valence-corrected chi connectivity index (χ0v) is 20.2. The summed E-state index contributed by atoms with van der Waals surface area (Å²) < 4.78 is 21.7. The Kier molecular flexibility index (Phi) is 8.17. The number of ketones is 1. The number of aliphatic hydroxyl groups excluding tert-OH is 1. The molecule has 2 aromatic rings. The number of amides is 1. The molecule has 0 radical (unpaired) electrons. The van der Waals surface area contributed by atoms with Crippen LogP contribution in [-0.4, -0.2) is 62.8 Å². The van der Waals surface area contributed by atoms with E-state index in [0.29, 0.717) is 35.3 Å². The van der Waals surface area contributed by atoms with E-state index in [0.717, 1.165) is 0 Å². The average molecular weight is 470 g/mol. The second-order valence-electron chi connectivity index (χ2n) is 8.30. The molecule has 0 aliphatic carbocycles. The molecule has 1 amide bonds. The monoisotopic (exact) mass is 469 g/mol. The maximum Gasteiger partial charge on any atom is 0.295 e. The second kappa shape index (κ2) is 11.1. The summed E-state index contributed by atoms with van der Waals surface area (Å²) in [5, 5.41) is 11.4. The van der Waals surface area contributed by atoms with Crippen molar-refractivity contribution in [1.29, 1.82) is 0 Å². The van der Waals surface area contributed by atoms with Gasteiger partial charge in [-0.2, -0.15) is 0 Å². The number of methoxy groups -OCH3 is 3. The van der Waals surface area contributed by atoms with E-state index in [1.54, 1.807) is 42.5 Å². The lowest BCUT2D eigenvalue weighted by Crippen LogP contribution is -2.32. The van der Waals surface area contributed by atoms with Gasteiger partial charge in [-0.1, -0.05) is 32.0 Å². The minimum absolute atomic E-state index is 0.0419. The van der Waals surface area contributed by atoms with Crippen molar-refractivity contribution in [2.45, 2.75) is 19.9 Å². The molecule has 1 atom stereocenters. The van der Waals surface area contributed by atoms with E-state index in [9.17, 15) is 14.7 Å². The highest BCUT2D eigenvalue weighted by Crippen LogP contribution is 2.43. The van der Waals surface area contributed by atoms with Gasteiger partial charge in [-0.15, -0.1) is 0 Å². The summed E-state index contributed by atoms with van der Waals surface area (Å²) in [4.78, 5) is 27.6. The fourth-order valence-electron chi connectivity index (χ4n) is 3.88. The number of carbonyl (C=O) groups excluding carboxylic acids is 2. The molecule has 0 spiro atoms. The molecule has 0 aromatic heterocycles. The van der Waals surface area contributed by atoms with Crippen LogP contribution in [0.5, 0.6) is 17.2 Å². The highest BCUT2D eigenvalue weighted by molar-refractivity contribution is 6.46. The lowest BCUT2D eigenvalue weighted by molar-refractivity contribution is -0.140. The standard InChI is InChI=1S/C26H31NO7/c1-16(2)15-34-18-11-9-17(10-12-18)23-22(25(29)26(30)27(23)13-14-31-3)24(28)21-19(32-4)7-6-8-20(21)33-5/h6-12,16,23,28H,13-15H2,1-5H3/b24-22+. The molecule has 0 saturated carbocycles. The molecule has 1 aliphatic heterocycles. The van der Waals surface area contributed by atoms with E-state index < -0.39 is 17.7 Å². The highest BCUT2D eigenvalue weighted by Gasteiger charge is 2.46. The first-order valence-electron chi connectivity index (χ1n) is 11.1.